The molecule has 1 N–H and O–H groups in total. The molecule has 4 heteroatoms. The van der Waals surface area contributed by atoms with Gasteiger partial charge in [-0.3, -0.25) is 5.43 Å². The second kappa shape index (κ2) is 6.89. The third-order valence-electron chi connectivity index (χ3n) is 3.62. The maximum Gasteiger partial charge on any atom is 0.122 e. The molecular weight excluding hydrogens is 238 g/mol. The molecule has 0 aliphatic carbocycles. The van der Waals surface area contributed by atoms with Crippen LogP contribution in [0.25, 0.3) is 0 Å². The molecular formula is C15H25N3O. The number of hydrazine groups is 1. The van der Waals surface area contributed by atoms with Crippen LogP contribution in [0.4, 0.5) is 0 Å². The fourth-order valence-electron chi connectivity index (χ4n) is 2.49. The van der Waals surface area contributed by atoms with Crippen LogP contribution in [0.3, 0.4) is 0 Å². The van der Waals surface area contributed by atoms with Gasteiger partial charge in [0.1, 0.15) is 5.75 Å². The van der Waals surface area contributed by atoms with Crippen molar-refractivity contribution in [2.75, 3.05) is 40.3 Å². The molecule has 0 saturated carbocycles. The van der Waals surface area contributed by atoms with Gasteiger partial charge in [-0.15, -0.1) is 0 Å². The maximum absolute atomic E-state index is 5.40. The van der Waals surface area contributed by atoms with Crippen LogP contribution < -0.4 is 10.2 Å². The number of ether oxygens (including phenoxy) is 1. The van der Waals surface area contributed by atoms with E-state index >= 15 is 0 Å². The molecule has 1 aromatic carbocycles. The number of benzene rings is 1. The highest BCUT2D eigenvalue weighted by Crippen LogP contribution is 2.18. The van der Waals surface area contributed by atoms with Gasteiger partial charge < -0.3 is 9.64 Å². The second-order valence-corrected chi connectivity index (χ2v) is 5.34. The third kappa shape index (κ3) is 4.20. The van der Waals surface area contributed by atoms with Gasteiger partial charge in [0.05, 0.1) is 7.11 Å². The average molecular weight is 263 g/mol. The molecule has 0 radical (unpaired) electrons. The summed E-state index contributed by atoms with van der Waals surface area (Å²) in [5.41, 5.74) is 4.85. The second-order valence-electron chi connectivity index (χ2n) is 5.34. The molecule has 19 heavy (non-hydrogen) atoms. The molecule has 0 spiro atoms. The number of likely N-dealkylation sites (N-methyl/N-ethyl adjacent to an activating group) is 1. The van der Waals surface area contributed by atoms with E-state index in [1.807, 2.05) is 12.1 Å². The van der Waals surface area contributed by atoms with Crippen molar-refractivity contribution >= 4 is 0 Å². The quantitative estimate of drug-likeness (QED) is 0.868. The van der Waals surface area contributed by atoms with E-state index in [1.54, 1.807) is 7.11 Å². The summed E-state index contributed by atoms with van der Waals surface area (Å²) in [6, 6.07) is 8.67. The van der Waals surface area contributed by atoms with Crippen LogP contribution in [0, 0.1) is 0 Å². The largest absolute Gasteiger partial charge is 0.496 e. The van der Waals surface area contributed by atoms with Gasteiger partial charge in [0.2, 0.25) is 0 Å². The van der Waals surface area contributed by atoms with Crippen molar-refractivity contribution in [3.63, 3.8) is 0 Å². The Morgan fingerprint density at radius 3 is 2.58 bits per heavy atom. The SMILES string of the molecule is COc1ccccc1C[C@@H](C)NN1CCN(C)CC1. The minimum Gasteiger partial charge on any atom is -0.496 e. The number of nitrogens with one attached hydrogen (secondary N) is 1. The monoisotopic (exact) mass is 263 g/mol. The van der Waals surface area contributed by atoms with Gasteiger partial charge in [0, 0.05) is 32.2 Å². The number of para-hydroxylation sites is 1. The predicted molar refractivity (Wildman–Crippen MR) is 78.4 cm³/mol. The van der Waals surface area contributed by atoms with E-state index in [0.717, 1.165) is 38.3 Å². The van der Waals surface area contributed by atoms with Crippen LogP contribution in [0.2, 0.25) is 0 Å². The van der Waals surface area contributed by atoms with E-state index in [9.17, 15) is 0 Å². The highest BCUT2D eigenvalue weighted by Gasteiger charge is 2.16. The zero-order chi connectivity index (χ0) is 13.7. The first-order chi connectivity index (χ1) is 9.19. The molecule has 0 amide bonds. The van der Waals surface area contributed by atoms with Gasteiger partial charge in [-0.05, 0) is 32.0 Å². The normalized spacial score (nSPS) is 19.3. The minimum atomic E-state index is 0.416. The van der Waals surface area contributed by atoms with Crippen molar-refractivity contribution in [3.05, 3.63) is 29.8 Å². The Labute approximate surface area is 116 Å². The molecule has 0 unspecified atom stereocenters. The first-order valence-electron chi connectivity index (χ1n) is 7.00. The Balaban J connectivity index is 1.85. The maximum atomic E-state index is 5.40. The summed E-state index contributed by atoms with van der Waals surface area (Å²) in [5.74, 6) is 0.981. The minimum absolute atomic E-state index is 0.416. The van der Waals surface area contributed by atoms with E-state index in [4.69, 9.17) is 4.74 Å². The molecule has 4 nitrogen and oxygen atoms in total. The zero-order valence-electron chi connectivity index (χ0n) is 12.2. The van der Waals surface area contributed by atoms with Gasteiger partial charge in [-0.2, -0.15) is 0 Å². The van der Waals surface area contributed by atoms with Gasteiger partial charge >= 0.3 is 0 Å². The summed E-state index contributed by atoms with van der Waals surface area (Å²) in [4.78, 5) is 2.36. The predicted octanol–water partition coefficient (Wildman–Crippen LogP) is 1.38. The van der Waals surface area contributed by atoms with E-state index in [2.05, 4.69) is 41.4 Å². The molecule has 1 atom stereocenters. The molecule has 1 fully saturated rings. The fraction of sp³-hybridized carbons (Fsp3) is 0.600. The standard InChI is InChI=1S/C15H25N3O/c1-13(16-18-10-8-17(2)9-11-18)12-14-6-4-5-7-15(14)19-3/h4-7,13,16H,8-12H2,1-3H3/t13-/m1/s1. The zero-order valence-corrected chi connectivity index (χ0v) is 12.2. The van der Waals surface area contributed by atoms with Crippen molar-refractivity contribution in [1.82, 2.24) is 15.3 Å². The average Bonchev–Trinajstić information content (AvgIpc) is 2.42. The van der Waals surface area contributed by atoms with Gasteiger partial charge in [-0.25, -0.2) is 5.01 Å². The Morgan fingerprint density at radius 2 is 1.89 bits per heavy atom. The van der Waals surface area contributed by atoms with Gasteiger partial charge in [0.25, 0.3) is 0 Å². The molecule has 0 aromatic heterocycles. The Hall–Kier alpha value is -1.10. The molecule has 1 heterocycles. The summed E-state index contributed by atoms with van der Waals surface area (Å²) in [6.07, 6.45) is 0.982. The van der Waals surface area contributed by atoms with Crippen LogP contribution in [-0.4, -0.2) is 56.3 Å². The number of hydrogen-bond acceptors (Lipinski definition) is 4. The first-order valence-corrected chi connectivity index (χ1v) is 7.00. The fourth-order valence-corrected chi connectivity index (χ4v) is 2.49. The van der Waals surface area contributed by atoms with Crippen molar-refractivity contribution < 1.29 is 4.74 Å². The van der Waals surface area contributed by atoms with E-state index in [0.29, 0.717) is 6.04 Å². The summed E-state index contributed by atoms with van der Waals surface area (Å²) < 4.78 is 5.40. The molecule has 106 valence electrons. The van der Waals surface area contributed by atoms with Crippen molar-refractivity contribution in [2.24, 2.45) is 0 Å². The van der Waals surface area contributed by atoms with E-state index in [-0.39, 0.29) is 0 Å². The molecule has 1 saturated heterocycles. The van der Waals surface area contributed by atoms with E-state index in [1.165, 1.54) is 5.56 Å². The van der Waals surface area contributed by atoms with Crippen molar-refractivity contribution in [3.8, 4) is 5.75 Å². The lowest BCUT2D eigenvalue weighted by molar-refractivity contribution is 0.0898. The Morgan fingerprint density at radius 1 is 1.21 bits per heavy atom. The van der Waals surface area contributed by atoms with Gasteiger partial charge in [-0.1, -0.05) is 18.2 Å². The van der Waals surface area contributed by atoms with Crippen molar-refractivity contribution in [1.29, 1.82) is 0 Å². The number of methoxy groups -OCH3 is 1. The Bertz CT molecular complexity index is 389. The molecule has 0 bridgehead atoms. The Kier molecular flexibility index (Phi) is 5.19. The van der Waals surface area contributed by atoms with Crippen LogP contribution in [0.15, 0.2) is 24.3 Å². The topological polar surface area (TPSA) is 27.7 Å². The summed E-state index contributed by atoms with van der Waals surface area (Å²) in [5, 5.41) is 2.33. The highest BCUT2D eigenvalue weighted by atomic mass is 16.5. The summed E-state index contributed by atoms with van der Waals surface area (Å²) in [7, 11) is 3.91. The lowest BCUT2D eigenvalue weighted by Gasteiger charge is -2.34. The van der Waals surface area contributed by atoms with Crippen molar-refractivity contribution in [2.45, 2.75) is 19.4 Å². The highest BCUT2D eigenvalue weighted by molar-refractivity contribution is 5.33. The number of rotatable bonds is 5. The summed E-state index contributed by atoms with van der Waals surface area (Å²) in [6.45, 7) is 6.67. The molecule has 2 rings (SSSR count). The smallest absolute Gasteiger partial charge is 0.122 e. The number of hydrogen-bond donors (Lipinski definition) is 1. The van der Waals surface area contributed by atoms with Gasteiger partial charge in [0.15, 0.2) is 0 Å². The van der Waals surface area contributed by atoms with Crippen LogP contribution in [0.1, 0.15) is 12.5 Å². The third-order valence-corrected chi connectivity index (χ3v) is 3.62. The first kappa shape index (κ1) is 14.3. The van der Waals surface area contributed by atoms with Crippen LogP contribution in [0.5, 0.6) is 5.75 Å². The summed E-state index contributed by atoms with van der Waals surface area (Å²) >= 11 is 0. The molecule has 1 aromatic rings. The number of piperazine rings is 1. The molecule has 1 aliphatic rings. The van der Waals surface area contributed by atoms with E-state index < -0.39 is 0 Å². The lowest BCUT2D eigenvalue weighted by atomic mass is 10.1. The van der Waals surface area contributed by atoms with Crippen LogP contribution >= 0.6 is 0 Å². The number of nitrogens with zero attached hydrogens (tertiary/aromatic N) is 2. The van der Waals surface area contributed by atoms with Crippen LogP contribution in [-0.2, 0) is 6.42 Å². The lowest BCUT2D eigenvalue weighted by Crippen LogP contribution is -2.53. The molecule has 1 aliphatic heterocycles.